The summed E-state index contributed by atoms with van der Waals surface area (Å²) in [6, 6.07) is 0. The van der Waals surface area contributed by atoms with E-state index in [2.05, 4.69) is 10.4 Å². The second-order valence-electron chi connectivity index (χ2n) is 7.76. The molecule has 0 fully saturated rings. The van der Waals surface area contributed by atoms with Crippen LogP contribution in [-0.2, 0) is 26.3 Å². The molecule has 2 rings (SSSR count). The predicted octanol–water partition coefficient (Wildman–Crippen LogP) is 3.44. The van der Waals surface area contributed by atoms with Crippen molar-refractivity contribution in [2.75, 3.05) is 18.5 Å². The highest BCUT2D eigenvalue weighted by atomic mass is 16.6. The lowest BCUT2D eigenvalue weighted by Gasteiger charge is -2.34. The minimum absolute atomic E-state index is 0.110. The van der Waals surface area contributed by atoms with Crippen molar-refractivity contribution in [1.29, 1.82) is 0 Å². The van der Waals surface area contributed by atoms with E-state index in [1.165, 1.54) is 4.90 Å². The van der Waals surface area contributed by atoms with Gasteiger partial charge in [-0.3, -0.25) is 10.2 Å². The fourth-order valence-electron chi connectivity index (χ4n) is 3.00. The van der Waals surface area contributed by atoms with Crippen molar-refractivity contribution < 1.29 is 28.6 Å². The molecule has 1 N–H and O–H groups in total. The molecule has 0 unspecified atom stereocenters. The molecule has 0 saturated carbocycles. The van der Waals surface area contributed by atoms with Crippen LogP contribution in [0.1, 0.15) is 59.7 Å². The summed E-state index contributed by atoms with van der Waals surface area (Å²) in [7, 11) is 0. The van der Waals surface area contributed by atoms with Crippen LogP contribution in [0.5, 0.6) is 0 Å². The molecule has 0 saturated heterocycles. The fraction of sp³-hybridized carbons (Fsp3) is 0.667. The summed E-state index contributed by atoms with van der Waals surface area (Å²) in [5, 5.41) is 6.71. The number of carbonyl (C=O) groups excluding carboxylic acids is 3. The van der Waals surface area contributed by atoms with Gasteiger partial charge in [0.2, 0.25) is 0 Å². The van der Waals surface area contributed by atoms with Crippen molar-refractivity contribution in [3.8, 4) is 0 Å². The van der Waals surface area contributed by atoms with E-state index >= 15 is 0 Å². The molecule has 0 bridgehead atoms. The van der Waals surface area contributed by atoms with Crippen LogP contribution in [0.2, 0.25) is 0 Å². The highest BCUT2D eigenvalue weighted by molar-refractivity contribution is 5.86. The maximum absolute atomic E-state index is 12.7. The van der Waals surface area contributed by atoms with E-state index < -0.39 is 29.4 Å². The van der Waals surface area contributed by atoms with E-state index in [1.807, 2.05) is 0 Å². The number of fused-ring (bicyclic) bond motifs is 1. The van der Waals surface area contributed by atoms with Gasteiger partial charge in [-0.15, -0.1) is 5.10 Å². The van der Waals surface area contributed by atoms with Gasteiger partial charge in [-0.25, -0.2) is 14.4 Å². The number of carbonyl (C=O) groups is 3. The van der Waals surface area contributed by atoms with Gasteiger partial charge in [0.25, 0.3) is 0 Å². The molecule has 0 aromatic carbocycles. The lowest BCUT2D eigenvalue weighted by atomic mass is 10.0. The Kier molecular flexibility index (Phi) is 5.91. The molecular weight excluding hydrogens is 368 g/mol. The van der Waals surface area contributed by atoms with Crippen LogP contribution in [0, 0.1) is 0 Å². The summed E-state index contributed by atoms with van der Waals surface area (Å²) < 4.78 is 16.5. The first kappa shape index (κ1) is 21.5. The van der Waals surface area contributed by atoms with E-state index in [-0.39, 0.29) is 25.6 Å². The Labute approximate surface area is 164 Å². The van der Waals surface area contributed by atoms with E-state index in [1.54, 1.807) is 48.5 Å². The van der Waals surface area contributed by atoms with Crippen molar-refractivity contribution in [1.82, 2.24) is 14.7 Å². The first-order valence-electron chi connectivity index (χ1n) is 9.16. The Bertz CT molecular complexity index is 778. The van der Waals surface area contributed by atoms with Crippen molar-refractivity contribution in [3.63, 3.8) is 0 Å². The maximum atomic E-state index is 12.7. The molecule has 1 aliphatic heterocycles. The Morgan fingerprint density at radius 3 is 2.25 bits per heavy atom. The predicted molar refractivity (Wildman–Crippen MR) is 100 cm³/mol. The average Bonchev–Trinajstić information content (AvgIpc) is 3.02. The van der Waals surface area contributed by atoms with E-state index in [9.17, 15) is 14.4 Å². The second-order valence-corrected chi connectivity index (χ2v) is 7.76. The van der Waals surface area contributed by atoms with Gasteiger partial charge in [-0.05, 0) is 48.5 Å². The van der Waals surface area contributed by atoms with Gasteiger partial charge in [-0.1, -0.05) is 0 Å². The van der Waals surface area contributed by atoms with Crippen LogP contribution >= 0.6 is 0 Å². The SMILES string of the molecule is CCOC(=O)Nc1nn(C(=O)OCC)c2c1CN(C(=O)OC(C)(C)C)C2(C)C. The van der Waals surface area contributed by atoms with Gasteiger partial charge in [0.1, 0.15) is 5.60 Å². The molecule has 0 radical (unpaired) electrons. The van der Waals surface area contributed by atoms with Gasteiger partial charge in [-0.2, -0.15) is 4.68 Å². The first-order valence-corrected chi connectivity index (χ1v) is 9.16. The van der Waals surface area contributed by atoms with Crippen LogP contribution in [-0.4, -0.2) is 51.8 Å². The van der Waals surface area contributed by atoms with Crippen molar-refractivity contribution in [3.05, 3.63) is 11.3 Å². The van der Waals surface area contributed by atoms with Gasteiger partial charge in [0, 0.05) is 5.56 Å². The number of ether oxygens (including phenoxy) is 3. The number of aromatic nitrogens is 2. The van der Waals surface area contributed by atoms with Crippen LogP contribution in [0.4, 0.5) is 20.2 Å². The number of nitrogens with one attached hydrogen (secondary N) is 1. The van der Waals surface area contributed by atoms with Crippen LogP contribution < -0.4 is 5.32 Å². The number of hydrogen-bond acceptors (Lipinski definition) is 7. The lowest BCUT2D eigenvalue weighted by Crippen LogP contribution is -2.44. The van der Waals surface area contributed by atoms with Gasteiger partial charge in [0.05, 0.1) is 31.0 Å². The number of hydrogen-bond donors (Lipinski definition) is 1. The third kappa shape index (κ3) is 4.20. The molecule has 156 valence electrons. The largest absolute Gasteiger partial charge is 0.450 e. The first-order chi connectivity index (χ1) is 12.9. The fourth-order valence-corrected chi connectivity index (χ4v) is 3.00. The highest BCUT2D eigenvalue weighted by Crippen LogP contribution is 2.42. The molecule has 0 aliphatic carbocycles. The standard InChI is InChI=1S/C18H28N4O6/c1-8-26-14(23)19-13-11-10-21(15(24)28-17(3,4)5)18(6,7)12(11)22(20-13)16(25)27-9-2/h8-10H2,1-7H3,(H,19,20,23). The van der Waals surface area contributed by atoms with Crippen molar-refractivity contribution >= 4 is 24.1 Å². The van der Waals surface area contributed by atoms with Crippen LogP contribution in [0.15, 0.2) is 0 Å². The van der Waals surface area contributed by atoms with Gasteiger partial charge < -0.3 is 14.2 Å². The summed E-state index contributed by atoms with van der Waals surface area (Å²) in [5.74, 6) is 0.139. The Morgan fingerprint density at radius 2 is 1.71 bits per heavy atom. The number of anilines is 1. The summed E-state index contributed by atoms with van der Waals surface area (Å²) in [4.78, 5) is 38.5. The number of rotatable bonds is 3. The molecule has 0 atom stereocenters. The van der Waals surface area contributed by atoms with Crippen molar-refractivity contribution in [2.24, 2.45) is 0 Å². The minimum Gasteiger partial charge on any atom is -0.450 e. The van der Waals surface area contributed by atoms with Crippen molar-refractivity contribution in [2.45, 2.75) is 66.2 Å². The zero-order chi connectivity index (χ0) is 21.3. The average molecular weight is 396 g/mol. The second kappa shape index (κ2) is 7.69. The quantitative estimate of drug-likeness (QED) is 0.779. The number of amides is 2. The van der Waals surface area contributed by atoms with Gasteiger partial charge in [0.15, 0.2) is 5.82 Å². The molecule has 1 aromatic heterocycles. The topological polar surface area (TPSA) is 112 Å². The minimum atomic E-state index is -0.925. The summed E-state index contributed by atoms with van der Waals surface area (Å²) in [5.41, 5.74) is -0.631. The molecular formula is C18H28N4O6. The van der Waals surface area contributed by atoms with Crippen LogP contribution in [0.3, 0.4) is 0 Å². The lowest BCUT2D eigenvalue weighted by molar-refractivity contribution is 0.00388. The summed E-state index contributed by atoms with van der Waals surface area (Å²) >= 11 is 0. The highest BCUT2D eigenvalue weighted by Gasteiger charge is 2.48. The van der Waals surface area contributed by atoms with Crippen LogP contribution in [0.25, 0.3) is 0 Å². The Morgan fingerprint density at radius 1 is 1.11 bits per heavy atom. The zero-order valence-corrected chi connectivity index (χ0v) is 17.4. The van der Waals surface area contributed by atoms with E-state index in [0.29, 0.717) is 11.3 Å². The summed E-state index contributed by atoms with van der Waals surface area (Å²) in [6.45, 7) is 12.7. The maximum Gasteiger partial charge on any atom is 0.435 e. The Hall–Kier alpha value is -2.78. The summed E-state index contributed by atoms with van der Waals surface area (Å²) in [6.07, 6.45) is -1.94. The number of nitrogens with zero attached hydrogens (tertiary/aromatic N) is 3. The molecule has 0 spiro atoms. The third-order valence-corrected chi connectivity index (χ3v) is 4.10. The molecule has 1 aliphatic rings. The van der Waals surface area contributed by atoms with E-state index in [4.69, 9.17) is 14.2 Å². The molecule has 28 heavy (non-hydrogen) atoms. The normalized spacial score (nSPS) is 15.0. The van der Waals surface area contributed by atoms with Gasteiger partial charge >= 0.3 is 18.3 Å². The molecule has 1 aromatic rings. The molecule has 2 amide bonds. The smallest absolute Gasteiger partial charge is 0.435 e. The molecule has 10 heteroatoms. The third-order valence-electron chi connectivity index (χ3n) is 4.10. The monoisotopic (exact) mass is 396 g/mol. The zero-order valence-electron chi connectivity index (χ0n) is 17.4. The molecule has 10 nitrogen and oxygen atoms in total. The Balaban J connectivity index is 2.47. The van der Waals surface area contributed by atoms with E-state index in [0.717, 1.165) is 4.68 Å². The molecule has 2 heterocycles.